The van der Waals surface area contributed by atoms with Crippen molar-refractivity contribution in [3.63, 3.8) is 0 Å². The lowest BCUT2D eigenvalue weighted by molar-refractivity contribution is 0.146. The highest BCUT2D eigenvalue weighted by atomic mass is 16.3. The maximum absolute atomic E-state index is 10.1. The van der Waals surface area contributed by atoms with Crippen molar-refractivity contribution in [1.82, 2.24) is 0 Å². The number of phenols is 1. The third-order valence-electron chi connectivity index (χ3n) is 4.14. The standard InChI is InChI=1S/C19H30O2/c1-4-7-9-17(20)12-11-16(6-3)18-14-15(8-5-2)10-13-19(18)21/h5,10,13-14,16-17,20-21H,2,4,6-9,11-12H2,1,3H3. The zero-order valence-corrected chi connectivity index (χ0v) is 13.5. The zero-order valence-electron chi connectivity index (χ0n) is 13.5. The predicted molar refractivity (Wildman–Crippen MR) is 89.8 cm³/mol. The topological polar surface area (TPSA) is 40.5 Å². The highest BCUT2D eigenvalue weighted by molar-refractivity contribution is 5.39. The molecule has 0 aromatic heterocycles. The summed E-state index contributed by atoms with van der Waals surface area (Å²) in [5.74, 6) is 0.684. The Hall–Kier alpha value is -1.28. The van der Waals surface area contributed by atoms with Crippen LogP contribution in [0.2, 0.25) is 0 Å². The van der Waals surface area contributed by atoms with Gasteiger partial charge in [-0.3, -0.25) is 0 Å². The summed E-state index contributed by atoms with van der Waals surface area (Å²) in [7, 11) is 0. The molecule has 2 heteroatoms. The van der Waals surface area contributed by atoms with Gasteiger partial charge in [0.25, 0.3) is 0 Å². The van der Waals surface area contributed by atoms with Crippen LogP contribution in [-0.2, 0) is 6.42 Å². The van der Waals surface area contributed by atoms with E-state index in [1.54, 1.807) is 6.07 Å². The first kappa shape index (κ1) is 17.8. The molecule has 1 aromatic rings. The third-order valence-corrected chi connectivity index (χ3v) is 4.14. The van der Waals surface area contributed by atoms with E-state index in [0.29, 0.717) is 11.7 Å². The van der Waals surface area contributed by atoms with Gasteiger partial charge in [0.15, 0.2) is 0 Å². The van der Waals surface area contributed by atoms with Crippen molar-refractivity contribution < 1.29 is 10.2 Å². The van der Waals surface area contributed by atoms with E-state index >= 15 is 0 Å². The number of hydrogen-bond donors (Lipinski definition) is 2. The van der Waals surface area contributed by atoms with Crippen LogP contribution in [0.15, 0.2) is 30.9 Å². The number of aliphatic hydroxyl groups excluding tert-OH is 1. The number of aromatic hydroxyl groups is 1. The molecule has 0 aliphatic rings. The molecule has 0 amide bonds. The van der Waals surface area contributed by atoms with Gasteiger partial charge < -0.3 is 10.2 Å². The normalized spacial score (nSPS) is 13.9. The molecule has 2 nitrogen and oxygen atoms in total. The van der Waals surface area contributed by atoms with Crippen molar-refractivity contribution in [1.29, 1.82) is 0 Å². The number of unbranched alkanes of at least 4 members (excludes halogenated alkanes) is 1. The first-order chi connectivity index (χ1) is 10.1. The second-order valence-corrected chi connectivity index (χ2v) is 5.86. The fourth-order valence-electron chi connectivity index (χ4n) is 2.78. The summed E-state index contributed by atoms with van der Waals surface area (Å²) >= 11 is 0. The van der Waals surface area contributed by atoms with Gasteiger partial charge in [0.2, 0.25) is 0 Å². The lowest BCUT2D eigenvalue weighted by atomic mass is 9.88. The van der Waals surface area contributed by atoms with E-state index in [0.717, 1.165) is 50.5 Å². The van der Waals surface area contributed by atoms with E-state index in [2.05, 4.69) is 26.5 Å². The van der Waals surface area contributed by atoms with Gasteiger partial charge in [0, 0.05) is 0 Å². The molecular weight excluding hydrogens is 260 g/mol. The Balaban J connectivity index is 2.70. The molecule has 0 bridgehead atoms. The zero-order chi connectivity index (χ0) is 15.7. The van der Waals surface area contributed by atoms with Crippen molar-refractivity contribution >= 4 is 0 Å². The van der Waals surface area contributed by atoms with Gasteiger partial charge in [-0.1, -0.05) is 44.9 Å². The van der Waals surface area contributed by atoms with Gasteiger partial charge in [0.05, 0.1) is 6.10 Å². The van der Waals surface area contributed by atoms with Crippen LogP contribution in [0.5, 0.6) is 5.75 Å². The molecule has 0 saturated carbocycles. The highest BCUT2D eigenvalue weighted by Gasteiger charge is 2.16. The molecule has 21 heavy (non-hydrogen) atoms. The molecule has 0 saturated heterocycles. The number of hydrogen-bond acceptors (Lipinski definition) is 2. The van der Waals surface area contributed by atoms with E-state index in [9.17, 15) is 10.2 Å². The molecule has 0 fully saturated rings. The number of aliphatic hydroxyl groups is 1. The minimum Gasteiger partial charge on any atom is -0.508 e. The molecule has 0 spiro atoms. The van der Waals surface area contributed by atoms with Crippen LogP contribution in [0, 0.1) is 0 Å². The Morgan fingerprint density at radius 2 is 1.95 bits per heavy atom. The molecule has 2 N–H and O–H groups in total. The minimum atomic E-state index is -0.211. The van der Waals surface area contributed by atoms with Crippen LogP contribution in [0.4, 0.5) is 0 Å². The largest absolute Gasteiger partial charge is 0.508 e. The maximum Gasteiger partial charge on any atom is 0.119 e. The van der Waals surface area contributed by atoms with Crippen molar-refractivity contribution in [2.45, 2.75) is 70.8 Å². The molecule has 0 aliphatic heterocycles. The SMILES string of the molecule is C=CCc1ccc(O)c(C(CC)CCC(O)CCCC)c1. The van der Waals surface area contributed by atoms with Crippen LogP contribution in [-0.4, -0.2) is 16.3 Å². The van der Waals surface area contributed by atoms with Gasteiger partial charge in [0.1, 0.15) is 5.75 Å². The van der Waals surface area contributed by atoms with Crippen LogP contribution in [0.1, 0.15) is 69.4 Å². The smallest absolute Gasteiger partial charge is 0.119 e. The summed E-state index contributed by atoms with van der Waals surface area (Å²) in [4.78, 5) is 0. The van der Waals surface area contributed by atoms with Gasteiger partial charge in [-0.2, -0.15) is 0 Å². The Labute approximate surface area is 129 Å². The second kappa shape index (κ2) is 9.62. The predicted octanol–water partition coefficient (Wildman–Crippen LogP) is 4.95. The number of benzene rings is 1. The molecule has 2 atom stereocenters. The molecule has 0 heterocycles. The summed E-state index contributed by atoms with van der Waals surface area (Å²) in [6, 6.07) is 5.82. The molecule has 0 aliphatic carbocycles. The summed E-state index contributed by atoms with van der Waals surface area (Å²) in [6.07, 6.45) is 8.29. The molecule has 118 valence electrons. The fraction of sp³-hybridized carbons (Fsp3) is 0.579. The molecule has 1 aromatic carbocycles. The first-order valence-corrected chi connectivity index (χ1v) is 8.23. The number of rotatable bonds is 10. The molecule has 0 radical (unpaired) electrons. The van der Waals surface area contributed by atoms with Gasteiger partial charge >= 0.3 is 0 Å². The van der Waals surface area contributed by atoms with Crippen LogP contribution in [0.3, 0.4) is 0 Å². The van der Waals surface area contributed by atoms with E-state index < -0.39 is 0 Å². The Morgan fingerprint density at radius 1 is 1.19 bits per heavy atom. The van der Waals surface area contributed by atoms with E-state index in [1.807, 2.05) is 12.1 Å². The molecular formula is C19H30O2. The minimum absolute atomic E-state index is 0.211. The van der Waals surface area contributed by atoms with Crippen molar-refractivity contribution in [3.05, 3.63) is 42.0 Å². The quantitative estimate of drug-likeness (QED) is 0.599. The summed E-state index contributed by atoms with van der Waals surface area (Å²) in [6.45, 7) is 8.05. The van der Waals surface area contributed by atoms with Crippen LogP contribution >= 0.6 is 0 Å². The summed E-state index contributed by atoms with van der Waals surface area (Å²) in [5.41, 5.74) is 2.20. The Morgan fingerprint density at radius 3 is 2.57 bits per heavy atom. The average Bonchev–Trinajstić information content (AvgIpc) is 2.49. The fourth-order valence-corrected chi connectivity index (χ4v) is 2.78. The van der Waals surface area contributed by atoms with Gasteiger partial charge in [-0.25, -0.2) is 0 Å². The first-order valence-electron chi connectivity index (χ1n) is 8.23. The highest BCUT2D eigenvalue weighted by Crippen LogP contribution is 2.33. The number of phenolic OH excluding ortho intramolecular Hbond substituents is 1. The lowest BCUT2D eigenvalue weighted by Crippen LogP contribution is -2.09. The van der Waals surface area contributed by atoms with E-state index in [4.69, 9.17) is 0 Å². The summed E-state index contributed by atoms with van der Waals surface area (Å²) < 4.78 is 0. The van der Waals surface area contributed by atoms with E-state index in [-0.39, 0.29) is 6.10 Å². The molecule has 1 rings (SSSR count). The third kappa shape index (κ3) is 5.92. The van der Waals surface area contributed by atoms with Crippen molar-refractivity contribution in [2.75, 3.05) is 0 Å². The van der Waals surface area contributed by atoms with Crippen LogP contribution < -0.4 is 0 Å². The lowest BCUT2D eigenvalue weighted by Gasteiger charge is -2.19. The molecule has 2 unspecified atom stereocenters. The Bertz CT molecular complexity index is 426. The number of allylic oxidation sites excluding steroid dienone is 1. The second-order valence-electron chi connectivity index (χ2n) is 5.86. The van der Waals surface area contributed by atoms with Crippen molar-refractivity contribution in [2.24, 2.45) is 0 Å². The monoisotopic (exact) mass is 290 g/mol. The van der Waals surface area contributed by atoms with Crippen LogP contribution in [0.25, 0.3) is 0 Å². The average molecular weight is 290 g/mol. The van der Waals surface area contributed by atoms with E-state index in [1.165, 1.54) is 5.56 Å². The summed E-state index contributed by atoms with van der Waals surface area (Å²) in [5, 5.41) is 20.1. The Kier molecular flexibility index (Phi) is 8.14. The van der Waals surface area contributed by atoms with Gasteiger partial charge in [-0.05, 0) is 55.2 Å². The van der Waals surface area contributed by atoms with Crippen molar-refractivity contribution in [3.8, 4) is 5.75 Å². The van der Waals surface area contributed by atoms with Gasteiger partial charge in [-0.15, -0.1) is 6.58 Å². The maximum atomic E-state index is 10.1.